The van der Waals surface area contributed by atoms with Gasteiger partial charge in [-0.25, -0.2) is 5.14 Å². The molecule has 8 nitrogen and oxygen atoms in total. The zero-order valence-corrected chi connectivity index (χ0v) is 16.7. The number of aromatic nitrogens is 1. The zero-order chi connectivity index (χ0) is 20.3. The summed E-state index contributed by atoms with van der Waals surface area (Å²) < 4.78 is 35.2. The minimum absolute atomic E-state index is 0.417. The molecule has 0 spiro atoms. The minimum Gasteiger partial charge on any atom is -0.493 e. The van der Waals surface area contributed by atoms with Crippen LogP contribution in [0.15, 0.2) is 48.7 Å². The summed E-state index contributed by atoms with van der Waals surface area (Å²) in [4.78, 5) is 6.50. The number of nitrogens with one attached hydrogen (secondary N) is 1. The number of anilines is 2. The van der Waals surface area contributed by atoms with Crippen molar-refractivity contribution in [1.82, 2.24) is 4.98 Å². The van der Waals surface area contributed by atoms with E-state index in [1.165, 1.54) is 0 Å². The number of fused-ring (bicyclic) bond motifs is 1. The summed E-state index contributed by atoms with van der Waals surface area (Å²) in [7, 11) is 1.38. The fourth-order valence-electron chi connectivity index (χ4n) is 2.99. The van der Waals surface area contributed by atoms with Gasteiger partial charge in [-0.15, -0.1) is 0 Å². The zero-order valence-electron chi connectivity index (χ0n) is 15.8. The molecular weight excluding hydrogens is 380 g/mol. The van der Waals surface area contributed by atoms with E-state index in [0.717, 1.165) is 22.2 Å². The second kappa shape index (κ2) is 7.91. The molecule has 1 heterocycles. The lowest BCUT2D eigenvalue weighted by molar-refractivity contribution is 0.356. The molecule has 148 valence electrons. The van der Waals surface area contributed by atoms with Crippen LogP contribution in [0.5, 0.6) is 11.5 Å². The largest absolute Gasteiger partial charge is 0.493 e. The summed E-state index contributed by atoms with van der Waals surface area (Å²) in [6, 6.07) is 12.7. The van der Waals surface area contributed by atoms with Crippen LogP contribution in [0.3, 0.4) is 0 Å². The van der Waals surface area contributed by atoms with Crippen molar-refractivity contribution in [2.75, 3.05) is 30.9 Å². The van der Waals surface area contributed by atoms with E-state index in [1.807, 2.05) is 37.4 Å². The van der Waals surface area contributed by atoms with Crippen molar-refractivity contribution < 1.29 is 17.9 Å². The monoisotopic (exact) mass is 402 g/mol. The molecule has 0 saturated carbocycles. The quantitative estimate of drug-likeness (QED) is 0.629. The third-order valence-electron chi connectivity index (χ3n) is 4.27. The topological polar surface area (TPSA) is 107 Å². The lowest BCUT2D eigenvalue weighted by atomic mass is 10.1. The Morgan fingerprint density at radius 1 is 1.07 bits per heavy atom. The summed E-state index contributed by atoms with van der Waals surface area (Å²) in [5, 5.41) is 5.93. The molecule has 1 aromatic heterocycles. The first kappa shape index (κ1) is 19.7. The highest BCUT2D eigenvalue weighted by atomic mass is 32.2. The predicted molar refractivity (Wildman–Crippen MR) is 110 cm³/mol. The lowest BCUT2D eigenvalue weighted by Gasteiger charge is -2.22. The highest BCUT2D eigenvalue weighted by molar-refractivity contribution is 7.90. The molecule has 0 unspecified atom stereocenters. The standard InChI is InChI=1S/C19H22N4O4S/c1-23(12-13-4-6-14(7-5-13)22-28(20,24)25)17-8-9-21-16-11-19(27-3)18(26-2)10-15(16)17/h4-11,22H,12H2,1-3H3,(H2,20,24,25). The SMILES string of the molecule is COc1cc2nccc(N(C)Cc3ccc(NS(N)(=O)=O)cc3)c2cc1OC. The normalized spacial score (nSPS) is 11.3. The number of ether oxygens (including phenoxy) is 2. The lowest BCUT2D eigenvalue weighted by Crippen LogP contribution is -2.21. The summed E-state index contributed by atoms with van der Waals surface area (Å²) in [5.41, 5.74) is 3.21. The van der Waals surface area contributed by atoms with Crippen LogP contribution in [0.25, 0.3) is 10.9 Å². The summed E-state index contributed by atoms with van der Waals surface area (Å²) >= 11 is 0. The van der Waals surface area contributed by atoms with Crippen molar-refractivity contribution in [3.8, 4) is 11.5 Å². The fraction of sp³-hybridized carbons (Fsp3) is 0.211. The molecule has 0 bridgehead atoms. The summed E-state index contributed by atoms with van der Waals surface area (Å²) in [6.45, 7) is 0.614. The average Bonchev–Trinajstić information content (AvgIpc) is 2.66. The summed E-state index contributed by atoms with van der Waals surface area (Å²) in [6.07, 6.45) is 1.75. The molecule has 0 fully saturated rings. The van der Waals surface area contributed by atoms with E-state index in [2.05, 4.69) is 14.6 Å². The molecule has 0 aliphatic heterocycles. The molecule has 0 amide bonds. The average molecular weight is 402 g/mol. The second-order valence-corrected chi connectivity index (χ2v) is 7.55. The third kappa shape index (κ3) is 4.44. The van der Waals surface area contributed by atoms with Crippen LogP contribution in [-0.2, 0) is 16.8 Å². The molecule has 0 radical (unpaired) electrons. The van der Waals surface area contributed by atoms with E-state index in [9.17, 15) is 8.42 Å². The number of nitrogens with two attached hydrogens (primary N) is 1. The Bertz CT molecular complexity index is 1090. The van der Waals surface area contributed by atoms with Crippen LogP contribution in [0.1, 0.15) is 5.56 Å². The number of methoxy groups -OCH3 is 2. The minimum atomic E-state index is -3.78. The molecular formula is C19H22N4O4S. The van der Waals surface area contributed by atoms with Gasteiger partial charge in [-0.1, -0.05) is 12.1 Å². The maximum absolute atomic E-state index is 11.1. The first-order valence-corrected chi connectivity index (χ1v) is 9.96. The molecule has 0 aliphatic carbocycles. The number of benzene rings is 2. The Labute approximate surface area is 164 Å². The van der Waals surface area contributed by atoms with Crippen LogP contribution in [-0.4, -0.2) is 34.7 Å². The van der Waals surface area contributed by atoms with E-state index in [1.54, 1.807) is 32.5 Å². The maximum Gasteiger partial charge on any atom is 0.296 e. The Morgan fingerprint density at radius 2 is 1.71 bits per heavy atom. The van der Waals surface area contributed by atoms with Crippen molar-refractivity contribution in [3.05, 3.63) is 54.2 Å². The van der Waals surface area contributed by atoms with E-state index in [-0.39, 0.29) is 0 Å². The van der Waals surface area contributed by atoms with Gasteiger partial charge in [0.15, 0.2) is 11.5 Å². The van der Waals surface area contributed by atoms with Crippen molar-refractivity contribution in [2.45, 2.75) is 6.54 Å². The first-order valence-electron chi connectivity index (χ1n) is 8.42. The molecule has 28 heavy (non-hydrogen) atoms. The third-order valence-corrected chi connectivity index (χ3v) is 4.79. The van der Waals surface area contributed by atoms with Gasteiger partial charge in [0.25, 0.3) is 10.2 Å². The Hall–Kier alpha value is -3.04. The Kier molecular flexibility index (Phi) is 5.57. The van der Waals surface area contributed by atoms with E-state index < -0.39 is 10.2 Å². The Morgan fingerprint density at radius 3 is 2.32 bits per heavy atom. The van der Waals surface area contributed by atoms with Gasteiger partial charge in [0.2, 0.25) is 0 Å². The van der Waals surface area contributed by atoms with Crippen molar-refractivity contribution in [3.63, 3.8) is 0 Å². The number of hydrogen-bond acceptors (Lipinski definition) is 6. The second-order valence-electron chi connectivity index (χ2n) is 6.25. The predicted octanol–water partition coefficient (Wildman–Crippen LogP) is 2.50. The van der Waals surface area contributed by atoms with Gasteiger partial charge >= 0.3 is 0 Å². The van der Waals surface area contributed by atoms with Crippen molar-refractivity contribution >= 4 is 32.5 Å². The number of rotatable bonds is 7. The van der Waals surface area contributed by atoms with Gasteiger partial charge < -0.3 is 14.4 Å². The molecule has 0 aliphatic rings. The van der Waals surface area contributed by atoms with Crippen molar-refractivity contribution in [1.29, 1.82) is 0 Å². The molecule has 2 aromatic carbocycles. The van der Waals surface area contributed by atoms with E-state index in [0.29, 0.717) is 23.7 Å². The van der Waals surface area contributed by atoms with Crippen LogP contribution >= 0.6 is 0 Å². The van der Waals surface area contributed by atoms with Crippen LogP contribution < -0.4 is 24.2 Å². The van der Waals surface area contributed by atoms with Crippen LogP contribution in [0, 0.1) is 0 Å². The van der Waals surface area contributed by atoms with Gasteiger partial charge in [-0.3, -0.25) is 9.71 Å². The summed E-state index contributed by atoms with van der Waals surface area (Å²) in [5.74, 6) is 1.26. The van der Waals surface area contributed by atoms with Gasteiger partial charge in [0.1, 0.15) is 0 Å². The fourth-order valence-corrected chi connectivity index (χ4v) is 3.46. The number of pyridine rings is 1. The van der Waals surface area contributed by atoms with Crippen molar-refractivity contribution in [2.24, 2.45) is 5.14 Å². The van der Waals surface area contributed by atoms with Gasteiger partial charge in [0.05, 0.1) is 19.7 Å². The smallest absolute Gasteiger partial charge is 0.296 e. The van der Waals surface area contributed by atoms with Gasteiger partial charge in [0, 0.05) is 42.6 Å². The Balaban J connectivity index is 1.88. The van der Waals surface area contributed by atoms with Crippen LogP contribution in [0.4, 0.5) is 11.4 Å². The number of hydrogen-bond donors (Lipinski definition) is 2. The van der Waals surface area contributed by atoms with Crippen LogP contribution in [0.2, 0.25) is 0 Å². The van der Waals surface area contributed by atoms with E-state index in [4.69, 9.17) is 14.6 Å². The highest BCUT2D eigenvalue weighted by Crippen LogP contribution is 2.35. The molecule has 3 rings (SSSR count). The van der Waals surface area contributed by atoms with E-state index >= 15 is 0 Å². The van der Waals surface area contributed by atoms with Gasteiger partial charge in [-0.2, -0.15) is 8.42 Å². The maximum atomic E-state index is 11.1. The molecule has 0 atom stereocenters. The van der Waals surface area contributed by atoms with Gasteiger partial charge in [-0.05, 0) is 29.8 Å². The molecule has 3 aromatic rings. The molecule has 0 saturated heterocycles. The molecule has 3 N–H and O–H groups in total. The number of nitrogens with zero attached hydrogens (tertiary/aromatic N) is 2. The first-order chi connectivity index (χ1) is 13.3. The highest BCUT2D eigenvalue weighted by Gasteiger charge is 2.13. The molecule has 9 heteroatoms.